The number of amides is 2. The molecule has 2 N–H and O–H groups in total. The first-order chi connectivity index (χ1) is 11.6. The number of carbonyl (C=O) groups excluding carboxylic acids is 2. The number of hydrogen-bond acceptors (Lipinski definition) is 5. The fourth-order valence-electron chi connectivity index (χ4n) is 2.91. The summed E-state index contributed by atoms with van der Waals surface area (Å²) in [6.45, 7) is 6.02. The van der Waals surface area contributed by atoms with Crippen LogP contribution in [0.2, 0.25) is 0 Å². The van der Waals surface area contributed by atoms with Gasteiger partial charge in [0.1, 0.15) is 5.76 Å². The Bertz CT molecular complexity index is 548. The van der Waals surface area contributed by atoms with Crippen LogP contribution in [0.5, 0.6) is 0 Å². The number of furan rings is 1. The molecule has 0 bridgehead atoms. The molecule has 7 heteroatoms. The van der Waals surface area contributed by atoms with E-state index in [2.05, 4.69) is 20.4 Å². The molecule has 24 heavy (non-hydrogen) atoms. The minimum absolute atomic E-state index is 0.00586. The Morgan fingerprint density at radius 1 is 1.29 bits per heavy atom. The Labute approximate surface area is 142 Å². The quantitative estimate of drug-likeness (QED) is 0.744. The summed E-state index contributed by atoms with van der Waals surface area (Å²) in [6.07, 6.45) is 3.83. The average Bonchev–Trinajstić information content (AvgIpc) is 3.23. The second-order valence-electron chi connectivity index (χ2n) is 6.63. The molecule has 1 aliphatic carbocycles. The van der Waals surface area contributed by atoms with Gasteiger partial charge in [0.05, 0.1) is 25.4 Å². The molecule has 1 aromatic heterocycles. The van der Waals surface area contributed by atoms with Gasteiger partial charge in [-0.25, -0.2) is 0 Å². The van der Waals surface area contributed by atoms with E-state index in [4.69, 9.17) is 4.42 Å². The summed E-state index contributed by atoms with van der Waals surface area (Å²) in [6, 6.07) is 3.89. The van der Waals surface area contributed by atoms with Gasteiger partial charge in [-0.3, -0.25) is 19.4 Å². The van der Waals surface area contributed by atoms with Crippen LogP contribution in [0.15, 0.2) is 22.8 Å². The topological polar surface area (TPSA) is 77.8 Å². The molecule has 1 saturated heterocycles. The Morgan fingerprint density at radius 2 is 2.04 bits per heavy atom. The predicted molar refractivity (Wildman–Crippen MR) is 89.2 cm³/mol. The summed E-state index contributed by atoms with van der Waals surface area (Å²) in [4.78, 5) is 28.4. The fraction of sp³-hybridized carbons (Fsp3) is 0.647. The summed E-state index contributed by atoms with van der Waals surface area (Å²) < 4.78 is 5.22. The Morgan fingerprint density at radius 3 is 2.67 bits per heavy atom. The van der Waals surface area contributed by atoms with Crippen molar-refractivity contribution in [3.8, 4) is 0 Å². The van der Waals surface area contributed by atoms with E-state index < -0.39 is 0 Å². The normalized spacial score (nSPS) is 20.5. The van der Waals surface area contributed by atoms with E-state index >= 15 is 0 Å². The van der Waals surface area contributed by atoms with Crippen molar-refractivity contribution in [3.05, 3.63) is 24.2 Å². The maximum absolute atomic E-state index is 12.3. The molecule has 2 heterocycles. The Hall–Kier alpha value is -1.86. The van der Waals surface area contributed by atoms with Crippen LogP contribution in [0, 0.1) is 0 Å². The molecular weight excluding hydrogens is 308 g/mol. The van der Waals surface area contributed by atoms with Crippen molar-refractivity contribution in [1.82, 2.24) is 20.4 Å². The zero-order chi connectivity index (χ0) is 16.9. The van der Waals surface area contributed by atoms with Gasteiger partial charge in [-0.1, -0.05) is 0 Å². The zero-order valence-electron chi connectivity index (χ0n) is 14.2. The number of hydrogen-bond donors (Lipinski definition) is 2. The SMILES string of the molecule is CC(C(=O)NCc1ccco1)N1CCN(CC(=O)NC2CC2)CC1. The molecule has 7 nitrogen and oxygen atoms in total. The third kappa shape index (κ3) is 4.82. The Balaban J connectivity index is 1.36. The minimum atomic E-state index is -0.178. The van der Waals surface area contributed by atoms with Crippen molar-refractivity contribution in [2.75, 3.05) is 32.7 Å². The summed E-state index contributed by atoms with van der Waals surface area (Å²) in [5, 5.41) is 5.92. The number of piperazine rings is 1. The lowest BCUT2D eigenvalue weighted by molar-refractivity contribution is -0.128. The van der Waals surface area contributed by atoms with Crippen molar-refractivity contribution < 1.29 is 14.0 Å². The molecule has 0 spiro atoms. The Kier molecular flexibility index (Phi) is 5.52. The summed E-state index contributed by atoms with van der Waals surface area (Å²) in [5.41, 5.74) is 0. The van der Waals surface area contributed by atoms with Crippen LogP contribution in [-0.2, 0) is 16.1 Å². The fourth-order valence-corrected chi connectivity index (χ4v) is 2.91. The first-order valence-electron chi connectivity index (χ1n) is 8.67. The van der Waals surface area contributed by atoms with E-state index in [1.165, 1.54) is 0 Å². The van der Waals surface area contributed by atoms with Gasteiger partial charge >= 0.3 is 0 Å². The van der Waals surface area contributed by atoms with Crippen molar-refractivity contribution >= 4 is 11.8 Å². The summed E-state index contributed by atoms with van der Waals surface area (Å²) in [5.74, 6) is 0.878. The van der Waals surface area contributed by atoms with Gasteiger partial charge in [0.25, 0.3) is 0 Å². The van der Waals surface area contributed by atoms with Gasteiger partial charge in [0, 0.05) is 32.2 Å². The molecule has 2 amide bonds. The lowest BCUT2D eigenvalue weighted by Gasteiger charge is -2.37. The van der Waals surface area contributed by atoms with Gasteiger partial charge < -0.3 is 15.1 Å². The molecule has 1 aromatic rings. The van der Waals surface area contributed by atoms with Crippen molar-refractivity contribution in [2.24, 2.45) is 0 Å². The summed E-state index contributed by atoms with van der Waals surface area (Å²) in [7, 11) is 0. The van der Waals surface area contributed by atoms with Gasteiger partial charge in [-0.2, -0.15) is 0 Å². The number of nitrogens with zero attached hydrogens (tertiary/aromatic N) is 2. The van der Waals surface area contributed by atoms with Crippen molar-refractivity contribution in [1.29, 1.82) is 0 Å². The van der Waals surface area contributed by atoms with E-state index in [1.54, 1.807) is 6.26 Å². The highest BCUT2D eigenvalue weighted by atomic mass is 16.3. The van der Waals surface area contributed by atoms with Crippen LogP contribution < -0.4 is 10.6 Å². The van der Waals surface area contributed by atoms with Gasteiger partial charge in [0.2, 0.25) is 11.8 Å². The van der Waals surface area contributed by atoms with Gasteiger partial charge in [-0.15, -0.1) is 0 Å². The number of carbonyl (C=O) groups is 2. The average molecular weight is 334 g/mol. The maximum atomic E-state index is 12.3. The van der Waals surface area contributed by atoms with Crippen LogP contribution in [0.3, 0.4) is 0 Å². The maximum Gasteiger partial charge on any atom is 0.237 e. The largest absolute Gasteiger partial charge is 0.467 e. The van der Waals surface area contributed by atoms with Crippen molar-refractivity contribution in [2.45, 2.75) is 38.4 Å². The molecule has 132 valence electrons. The summed E-state index contributed by atoms with van der Waals surface area (Å²) >= 11 is 0. The molecule has 0 radical (unpaired) electrons. The first-order valence-corrected chi connectivity index (χ1v) is 8.67. The first kappa shape index (κ1) is 17.0. The smallest absolute Gasteiger partial charge is 0.237 e. The third-order valence-electron chi connectivity index (χ3n) is 4.66. The molecule has 2 aliphatic rings. The van der Waals surface area contributed by atoms with E-state index in [0.717, 1.165) is 44.8 Å². The second-order valence-corrected chi connectivity index (χ2v) is 6.63. The van der Waals surface area contributed by atoms with Gasteiger partial charge in [-0.05, 0) is 31.9 Å². The number of nitrogens with one attached hydrogen (secondary N) is 2. The standard InChI is InChI=1S/C17H26N4O3/c1-13(17(23)18-11-15-3-2-10-24-15)21-8-6-20(7-9-21)12-16(22)19-14-4-5-14/h2-3,10,13-14H,4-9,11-12H2,1H3,(H,18,23)(H,19,22). The lowest BCUT2D eigenvalue weighted by Crippen LogP contribution is -2.55. The highest BCUT2D eigenvalue weighted by Crippen LogP contribution is 2.18. The van der Waals surface area contributed by atoms with E-state index in [1.807, 2.05) is 19.1 Å². The van der Waals surface area contributed by atoms with Crippen LogP contribution in [0.25, 0.3) is 0 Å². The van der Waals surface area contributed by atoms with Gasteiger partial charge in [0.15, 0.2) is 0 Å². The molecule has 0 aromatic carbocycles. The van der Waals surface area contributed by atoms with E-state index in [-0.39, 0.29) is 17.9 Å². The zero-order valence-corrected chi connectivity index (χ0v) is 14.2. The third-order valence-corrected chi connectivity index (χ3v) is 4.66. The monoisotopic (exact) mass is 334 g/mol. The van der Waals surface area contributed by atoms with E-state index in [9.17, 15) is 9.59 Å². The molecule has 1 saturated carbocycles. The predicted octanol–water partition coefficient (Wildman–Crippen LogP) is 0.181. The van der Waals surface area contributed by atoms with Crippen LogP contribution in [0.4, 0.5) is 0 Å². The van der Waals surface area contributed by atoms with Crippen LogP contribution in [-0.4, -0.2) is 66.4 Å². The second kappa shape index (κ2) is 7.81. The lowest BCUT2D eigenvalue weighted by atomic mass is 10.2. The van der Waals surface area contributed by atoms with Crippen molar-refractivity contribution in [3.63, 3.8) is 0 Å². The highest BCUT2D eigenvalue weighted by molar-refractivity contribution is 5.81. The highest BCUT2D eigenvalue weighted by Gasteiger charge is 2.28. The molecule has 1 atom stereocenters. The van der Waals surface area contributed by atoms with Crippen LogP contribution >= 0.6 is 0 Å². The minimum Gasteiger partial charge on any atom is -0.467 e. The molecule has 1 aliphatic heterocycles. The molecule has 3 rings (SSSR count). The molecule has 1 unspecified atom stereocenters. The van der Waals surface area contributed by atoms with Crippen LogP contribution in [0.1, 0.15) is 25.5 Å². The molecular formula is C17H26N4O3. The number of rotatable bonds is 7. The van der Waals surface area contributed by atoms with E-state index in [0.29, 0.717) is 19.1 Å². The molecule has 2 fully saturated rings.